The summed E-state index contributed by atoms with van der Waals surface area (Å²) >= 11 is 12.2. The van der Waals surface area contributed by atoms with Crippen LogP contribution in [0.15, 0.2) is 30.5 Å². The standard InChI is InChI=1S/C14H14Cl2N2/c15-9-4-5-14(11(16)8-9)18-7-6-10-12(17)2-1-3-13(10)18/h4-8,12H,1-3,17H2. The average molecular weight is 281 g/mol. The SMILES string of the molecule is NC1CCCc2c1ccn2-c1ccc(Cl)cc1Cl. The summed E-state index contributed by atoms with van der Waals surface area (Å²) in [5, 5.41) is 1.32. The lowest BCUT2D eigenvalue weighted by Crippen LogP contribution is -2.17. The van der Waals surface area contributed by atoms with Gasteiger partial charge in [-0.15, -0.1) is 0 Å². The maximum Gasteiger partial charge on any atom is 0.0661 e. The molecule has 0 aliphatic heterocycles. The first-order valence-electron chi connectivity index (χ1n) is 6.08. The van der Waals surface area contributed by atoms with Crippen molar-refractivity contribution in [3.63, 3.8) is 0 Å². The highest BCUT2D eigenvalue weighted by atomic mass is 35.5. The van der Waals surface area contributed by atoms with Crippen molar-refractivity contribution in [3.05, 3.63) is 51.8 Å². The van der Waals surface area contributed by atoms with E-state index in [1.54, 1.807) is 6.07 Å². The van der Waals surface area contributed by atoms with Gasteiger partial charge in [-0.2, -0.15) is 0 Å². The Bertz CT molecular complexity index is 589. The second-order valence-corrected chi connectivity index (χ2v) is 5.53. The van der Waals surface area contributed by atoms with Crippen molar-refractivity contribution in [2.24, 2.45) is 5.73 Å². The van der Waals surface area contributed by atoms with Gasteiger partial charge in [0.1, 0.15) is 0 Å². The highest BCUT2D eigenvalue weighted by Gasteiger charge is 2.21. The van der Waals surface area contributed by atoms with Crippen LogP contribution in [0.2, 0.25) is 10.0 Å². The lowest BCUT2D eigenvalue weighted by Gasteiger charge is -2.21. The molecule has 1 atom stereocenters. The van der Waals surface area contributed by atoms with Crippen LogP contribution in [0.5, 0.6) is 0 Å². The molecule has 1 unspecified atom stereocenters. The fraction of sp³-hybridized carbons (Fsp3) is 0.286. The summed E-state index contributed by atoms with van der Waals surface area (Å²) in [4.78, 5) is 0. The zero-order valence-electron chi connectivity index (χ0n) is 9.87. The molecule has 0 fully saturated rings. The fourth-order valence-electron chi connectivity index (χ4n) is 2.63. The van der Waals surface area contributed by atoms with Crippen LogP contribution in [-0.2, 0) is 6.42 Å². The molecule has 18 heavy (non-hydrogen) atoms. The molecule has 0 saturated carbocycles. The lowest BCUT2D eigenvalue weighted by molar-refractivity contribution is 0.560. The Hall–Kier alpha value is -0.960. The Morgan fingerprint density at radius 1 is 1.22 bits per heavy atom. The van der Waals surface area contributed by atoms with Gasteiger partial charge in [0.05, 0.1) is 10.7 Å². The molecule has 1 aromatic heterocycles. The van der Waals surface area contributed by atoms with Crippen LogP contribution in [0, 0.1) is 0 Å². The molecule has 0 saturated heterocycles. The third-order valence-corrected chi connectivity index (χ3v) is 4.06. The highest BCUT2D eigenvalue weighted by Crippen LogP contribution is 2.33. The van der Waals surface area contributed by atoms with Gasteiger partial charge in [0.2, 0.25) is 0 Å². The van der Waals surface area contributed by atoms with Gasteiger partial charge in [-0.05, 0) is 49.1 Å². The number of fused-ring (bicyclic) bond motifs is 1. The number of hydrogen-bond acceptors (Lipinski definition) is 1. The van der Waals surface area contributed by atoms with Crippen molar-refractivity contribution < 1.29 is 0 Å². The molecule has 4 heteroatoms. The van der Waals surface area contributed by atoms with Crippen LogP contribution >= 0.6 is 23.2 Å². The van der Waals surface area contributed by atoms with Crippen molar-refractivity contribution in [3.8, 4) is 5.69 Å². The highest BCUT2D eigenvalue weighted by molar-refractivity contribution is 6.35. The minimum Gasteiger partial charge on any atom is -0.324 e. The summed E-state index contributed by atoms with van der Waals surface area (Å²) in [6.07, 6.45) is 5.29. The summed E-state index contributed by atoms with van der Waals surface area (Å²) < 4.78 is 2.13. The van der Waals surface area contributed by atoms with Crippen LogP contribution in [0.1, 0.15) is 30.1 Å². The van der Waals surface area contributed by atoms with Gasteiger partial charge in [-0.25, -0.2) is 0 Å². The molecular weight excluding hydrogens is 267 g/mol. The number of hydrogen-bond donors (Lipinski definition) is 1. The molecule has 3 rings (SSSR count). The van der Waals surface area contributed by atoms with Crippen molar-refractivity contribution in [2.45, 2.75) is 25.3 Å². The monoisotopic (exact) mass is 280 g/mol. The van der Waals surface area contributed by atoms with E-state index in [4.69, 9.17) is 28.9 Å². The number of nitrogens with two attached hydrogens (primary N) is 1. The number of nitrogens with zero attached hydrogens (tertiary/aromatic N) is 1. The predicted octanol–water partition coefficient (Wildman–Crippen LogP) is 4.12. The zero-order valence-corrected chi connectivity index (χ0v) is 11.4. The molecule has 2 N–H and O–H groups in total. The number of aromatic nitrogens is 1. The Balaban J connectivity index is 2.12. The van der Waals surface area contributed by atoms with Gasteiger partial charge in [0.25, 0.3) is 0 Å². The van der Waals surface area contributed by atoms with Crippen molar-refractivity contribution in [2.75, 3.05) is 0 Å². The lowest BCUT2D eigenvalue weighted by atomic mass is 9.93. The Labute approximate surface area is 116 Å². The van der Waals surface area contributed by atoms with Gasteiger partial charge in [-0.3, -0.25) is 0 Å². The van der Waals surface area contributed by atoms with E-state index in [-0.39, 0.29) is 6.04 Å². The first-order valence-corrected chi connectivity index (χ1v) is 6.83. The molecule has 2 aromatic rings. The maximum atomic E-state index is 6.26. The Kier molecular flexibility index (Phi) is 3.10. The number of halogens is 2. The molecule has 1 heterocycles. The number of rotatable bonds is 1. The minimum absolute atomic E-state index is 0.154. The van der Waals surface area contributed by atoms with E-state index < -0.39 is 0 Å². The molecule has 1 aliphatic carbocycles. The Morgan fingerprint density at radius 3 is 2.83 bits per heavy atom. The second-order valence-electron chi connectivity index (χ2n) is 4.68. The second kappa shape index (κ2) is 4.61. The molecule has 1 aliphatic rings. The predicted molar refractivity (Wildman–Crippen MR) is 75.7 cm³/mol. The molecular formula is C14H14Cl2N2. The van der Waals surface area contributed by atoms with Gasteiger partial charge >= 0.3 is 0 Å². The van der Waals surface area contributed by atoms with Crippen LogP contribution in [-0.4, -0.2) is 4.57 Å². The third-order valence-electron chi connectivity index (χ3n) is 3.52. The summed E-state index contributed by atoms with van der Waals surface area (Å²) in [5.74, 6) is 0. The van der Waals surface area contributed by atoms with E-state index in [0.717, 1.165) is 24.9 Å². The van der Waals surface area contributed by atoms with Crippen molar-refractivity contribution in [1.82, 2.24) is 4.57 Å². The largest absolute Gasteiger partial charge is 0.324 e. The van der Waals surface area contributed by atoms with Crippen LogP contribution < -0.4 is 5.73 Å². The smallest absolute Gasteiger partial charge is 0.0661 e. The van der Waals surface area contributed by atoms with E-state index in [1.807, 2.05) is 18.3 Å². The van der Waals surface area contributed by atoms with E-state index in [2.05, 4.69) is 10.6 Å². The quantitative estimate of drug-likeness (QED) is 0.837. The molecule has 2 nitrogen and oxygen atoms in total. The zero-order chi connectivity index (χ0) is 12.7. The Morgan fingerprint density at radius 2 is 2.06 bits per heavy atom. The molecule has 1 aromatic carbocycles. The summed E-state index contributed by atoms with van der Waals surface area (Å²) in [7, 11) is 0. The van der Waals surface area contributed by atoms with Crippen molar-refractivity contribution in [1.29, 1.82) is 0 Å². The summed E-state index contributed by atoms with van der Waals surface area (Å²) in [6.45, 7) is 0. The van der Waals surface area contributed by atoms with E-state index >= 15 is 0 Å². The first-order chi connectivity index (χ1) is 8.66. The summed E-state index contributed by atoms with van der Waals surface area (Å²) in [6, 6.07) is 7.84. The van der Waals surface area contributed by atoms with Gasteiger partial charge < -0.3 is 10.3 Å². The first kappa shape index (κ1) is 12.1. The molecule has 0 radical (unpaired) electrons. The van der Waals surface area contributed by atoms with Crippen LogP contribution in [0.25, 0.3) is 5.69 Å². The fourth-order valence-corrected chi connectivity index (χ4v) is 3.13. The minimum atomic E-state index is 0.154. The summed E-state index contributed by atoms with van der Waals surface area (Å²) in [5.41, 5.74) is 9.62. The molecule has 0 bridgehead atoms. The van der Waals surface area contributed by atoms with Gasteiger partial charge in [0, 0.05) is 23.0 Å². The molecule has 94 valence electrons. The van der Waals surface area contributed by atoms with Crippen molar-refractivity contribution >= 4 is 23.2 Å². The van der Waals surface area contributed by atoms with E-state index in [1.165, 1.54) is 11.3 Å². The van der Waals surface area contributed by atoms with Gasteiger partial charge in [0.15, 0.2) is 0 Å². The van der Waals surface area contributed by atoms with E-state index in [0.29, 0.717) is 10.0 Å². The topological polar surface area (TPSA) is 30.9 Å². The normalized spacial score (nSPS) is 18.7. The van der Waals surface area contributed by atoms with Crippen LogP contribution in [0.4, 0.5) is 0 Å². The average Bonchev–Trinajstić information content (AvgIpc) is 2.74. The molecule has 0 spiro atoms. The molecule has 0 amide bonds. The maximum absolute atomic E-state index is 6.26. The van der Waals surface area contributed by atoms with Crippen LogP contribution in [0.3, 0.4) is 0 Å². The third kappa shape index (κ3) is 1.95. The van der Waals surface area contributed by atoms with Gasteiger partial charge in [-0.1, -0.05) is 23.2 Å². The number of benzene rings is 1. The van der Waals surface area contributed by atoms with E-state index in [9.17, 15) is 0 Å².